The van der Waals surface area contributed by atoms with Crippen molar-refractivity contribution in [3.63, 3.8) is 0 Å². The van der Waals surface area contributed by atoms with E-state index in [4.69, 9.17) is 9.76 Å². The largest absolute Gasteiger partial charge is 0.547 e. The van der Waals surface area contributed by atoms with Gasteiger partial charge in [-0.2, -0.15) is 0 Å². The first kappa shape index (κ1) is 13.0. The molecule has 0 spiro atoms. The van der Waals surface area contributed by atoms with Crippen molar-refractivity contribution >= 4 is 19.0 Å². The molecule has 3 rings (SSSR count). The molecule has 0 unspecified atom stereocenters. The van der Waals surface area contributed by atoms with Gasteiger partial charge in [-0.25, -0.2) is 4.79 Å². The molecule has 2 aliphatic heterocycles. The van der Waals surface area contributed by atoms with E-state index in [1.165, 1.54) is 6.07 Å². The molecule has 1 amide bonds. The van der Waals surface area contributed by atoms with Gasteiger partial charge in [-0.15, -0.1) is 0 Å². The first-order chi connectivity index (χ1) is 9.58. The highest BCUT2D eigenvalue weighted by Crippen LogP contribution is 2.32. The van der Waals surface area contributed by atoms with E-state index in [-0.39, 0.29) is 17.2 Å². The summed E-state index contributed by atoms with van der Waals surface area (Å²) in [6.07, 6.45) is 1.68. The van der Waals surface area contributed by atoms with Crippen molar-refractivity contribution in [3.05, 3.63) is 29.3 Å². The molecule has 20 heavy (non-hydrogen) atoms. The number of carbonyl (C=O) groups is 2. The minimum Gasteiger partial charge on any atom is -0.534 e. The molecule has 0 aromatic heterocycles. The van der Waals surface area contributed by atoms with Crippen LogP contribution in [0.4, 0.5) is 0 Å². The van der Waals surface area contributed by atoms with Gasteiger partial charge in [-0.1, -0.05) is 12.1 Å². The van der Waals surface area contributed by atoms with Crippen LogP contribution < -0.4 is 4.65 Å². The third-order valence-electron chi connectivity index (χ3n) is 3.83. The van der Waals surface area contributed by atoms with E-state index in [0.717, 1.165) is 6.42 Å². The van der Waals surface area contributed by atoms with Gasteiger partial charge in [0.2, 0.25) is 5.91 Å². The maximum absolute atomic E-state index is 11.8. The quantitative estimate of drug-likeness (QED) is 0.759. The van der Waals surface area contributed by atoms with Crippen LogP contribution >= 0.6 is 0 Å². The number of carboxylic acid groups (broad SMARTS) is 1. The normalized spacial score (nSPS) is 21.6. The van der Waals surface area contributed by atoms with Crippen LogP contribution in [0.15, 0.2) is 18.2 Å². The highest BCUT2D eigenvalue weighted by atomic mass is 16.5. The lowest BCUT2D eigenvalue weighted by Crippen LogP contribution is -2.53. The number of carboxylic acids is 1. The van der Waals surface area contributed by atoms with Crippen LogP contribution in [0.1, 0.15) is 28.8 Å². The molecule has 1 fully saturated rings. The zero-order valence-electron chi connectivity index (χ0n) is 10.8. The van der Waals surface area contributed by atoms with Gasteiger partial charge >= 0.3 is 13.1 Å². The number of likely N-dealkylation sites (tertiary alicyclic amines) is 1. The standard InChI is InChI=1S/C13H14BNO5/c16-11-5-2-6-15(11)10-7-8-3-1-4-9(13(17)18)12(8)20-14(10)19/h1,3-4,10,19H,2,5-7H2,(H,17,18)/t10-/m0/s1. The molecular formula is C13H14BNO5. The molecular weight excluding hydrogens is 261 g/mol. The summed E-state index contributed by atoms with van der Waals surface area (Å²) in [5.41, 5.74) is 0.743. The zero-order valence-corrected chi connectivity index (χ0v) is 10.8. The number of hydrogen-bond donors (Lipinski definition) is 2. The highest BCUT2D eigenvalue weighted by Gasteiger charge is 2.43. The van der Waals surface area contributed by atoms with E-state index < -0.39 is 19.0 Å². The van der Waals surface area contributed by atoms with Crippen molar-refractivity contribution in [2.75, 3.05) is 6.54 Å². The number of benzene rings is 1. The monoisotopic (exact) mass is 275 g/mol. The number of aromatic carboxylic acids is 1. The van der Waals surface area contributed by atoms with E-state index in [9.17, 15) is 14.6 Å². The van der Waals surface area contributed by atoms with E-state index in [2.05, 4.69) is 0 Å². The molecule has 2 heterocycles. The number of fused-ring (bicyclic) bond motifs is 1. The zero-order chi connectivity index (χ0) is 14.3. The first-order valence-electron chi connectivity index (χ1n) is 6.57. The predicted octanol–water partition coefficient (Wildman–Crippen LogP) is 0.330. The van der Waals surface area contributed by atoms with Crippen molar-refractivity contribution in [1.29, 1.82) is 0 Å². The van der Waals surface area contributed by atoms with Crippen molar-refractivity contribution in [2.45, 2.75) is 25.2 Å². The molecule has 0 saturated carbocycles. The van der Waals surface area contributed by atoms with Crippen molar-refractivity contribution < 1.29 is 24.4 Å². The van der Waals surface area contributed by atoms with Crippen molar-refractivity contribution in [1.82, 2.24) is 4.90 Å². The molecule has 1 aromatic rings. The second-order valence-corrected chi connectivity index (χ2v) is 5.07. The topological polar surface area (TPSA) is 87.1 Å². The summed E-state index contributed by atoms with van der Waals surface area (Å²) in [6.45, 7) is 0.609. The van der Waals surface area contributed by atoms with Gasteiger partial charge in [-0.3, -0.25) is 4.79 Å². The minimum absolute atomic E-state index is 0.00971. The molecule has 104 valence electrons. The van der Waals surface area contributed by atoms with E-state index >= 15 is 0 Å². The lowest BCUT2D eigenvalue weighted by molar-refractivity contribution is -0.128. The third-order valence-corrected chi connectivity index (χ3v) is 3.83. The fourth-order valence-corrected chi connectivity index (χ4v) is 2.86. The smallest absolute Gasteiger partial charge is 0.534 e. The lowest BCUT2D eigenvalue weighted by atomic mass is 9.71. The van der Waals surface area contributed by atoms with Gasteiger partial charge in [0.25, 0.3) is 0 Å². The van der Waals surface area contributed by atoms with Crippen LogP contribution in [0.5, 0.6) is 5.75 Å². The molecule has 7 heteroatoms. The van der Waals surface area contributed by atoms with Gasteiger partial charge in [0.15, 0.2) is 0 Å². The predicted molar refractivity (Wildman–Crippen MR) is 70.4 cm³/mol. The molecule has 0 radical (unpaired) electrons. The summed E-state index contributed by atoms with van der Waals surface area (Å²) in [5, 5.41) is 19.2. The van der Waals surface area contributed by atoms with Crippen molar-refractivity contribution in [3.8, 4) is 5.75 Å². The number of carbonyl (C=O) groups excluding carboxylic acids is 1. The van der Waals surface area contributed by atoms with E-state index in [0.29, 0.717) is 24.9 Å². The van der Waals surface area contributed by atoms with E-state index in [1.807, 2.05) is 0 Å². The van der Waals surface area contributed by atoms with E-state index in [1.54, 1.807) is 17.0 Å². The van der Waals surface area contributed by atoms with Crippen LogP contribution in [0.3, 0.4) is 0 Å². The highest BCUT2D eigenvalue weighted by molar-refractivity contribution is 6.47. The summed E-state index contributed by atoms with van der Waals surface area (Å²) >= 11 is 0. The molecule has 1 saturated heterocycles. The van der Waals surface area contributed by atoms with Gasteiger partial charge in [-0.05, 0) is 24.5 Å². The molecule has 2 aliphatic rings. The Morgan fingerprint density at radius 1 is 1.45 bits per heavy atom. The number of para-hydroxylation sites is 1. The van der Waals surface area contributed by atoms with Gasteiger partial charge in [0, 0.05) is 13.0 Å². The molecule has 0 aliphatic carbocycles. The minimum atomic E-state index is -1.19. The Morgan fingerprint density at radius 2 is 2.25 bits per heavy atom. The average Bonchev–Trinajstić information content (AvgIpc) is 2.83. The SMILES string of the molecule is O=C(O)c1cccc2c1OB(O)[C@@H](N1CCCC1=O)C2. The summed E-state index contributed by atoms with van der Waals surface area (Å²) in [6, 6.07) is 4.85. The fourth-order valence-electron chi connectivity index (χ4n) is 2.86. The van der Waals surface area contributed by atoms with Crippen LogP contribution in [-0.2, 0) is 11.2 Å². The maximum Gasteiger partial charge on any atom is 0.547 e. The van der Waals surface area contributed by atoms with Crippen molar-refractivity contribution in [2.24, 2.45) is 0 Å². The summed E-state index contributed by atoms with van der Waals surface area (Å²) in [4.78, 5) is 24.5. The molecule has 0 bridgehead atoms. The Labute approximate surface area is 116 Å². The van der Waals surface area contributed by atoms with Crippen LogP contribution in [0.25, 0.3) is 0 Å². The number of hydrogen-bond acceptors (Lipinski definition) is 4. The lowest BCUT2D eigenvalue weighted by Gasteiger charge is -2.34. The van der Waals surface area contributed by atoms with Gasteiger partial charge in [0.1, 0.15) is 5.75 Å². The Bertz CT molecular complexity index is 576. The van der Waals surface area contributed by atoms with Gasteiger partial charge < -0.3 is 19.7 Å². The Balaban J connectivity index is 1.93. The Morgan fingerprint density at radius 3 is 2.90 bits per heavy atom. The number of amides is 1. The Kier molecular flexibility index (Phi) is 3.14. The summed E-state index contributed by atoms with van der Waals surface area (Å²) < 4.78 is 5.38. The number of nitrogens with zero attached hydrogens (tertiary/aromatic N) is 1. The van der Waals surface area contributed by atoms with Crippen LogP contribution in [-0.4, -0.2) is 46.5 Å². The molecule has 6 nitrogen and oxygen atoms in total. The summed E-state index contributed by atoms with van der Waals surface area (Å²) in [5.74, 6) is -1.32. The summed E-state index contributed by atoms with van der Waals surface area (Å²) in [7, 11) is -1.19. The second kappa shape index (κ2) is 4.83. The van der Waals surface area contributed by atoms with Gasteiger partial charge in [0.05, 0.1) is 11.5 Å². The third kappa shape index (κ3) is 2.04. The fraction of sp³-hybridized carbons (Fsp3) is 0.385. The molecule has 2 N–H and O–H groups in total. The maximum atomic E-state index is 11.8. The molecule has 1 aromatic carbocycles. The molecule has 1 atom stereocenters. The van der Waals surface area contributed by atoms with Crippen LogP contribution in [0.2, 0.25) is 0 Å². The first-order valence-corrected chi connectivity index (χ1v) is 6.57. The second-order valence-electron chi connectivity index (χ2n) is 5.07. The van der Waals surface area contributed by atoms with Crippen LogP contribution in [0, 0.1) is 0 Å². The average molecular weight is 275 g/mol. The number of rotatable bonds is 2. The Hall–Kier alpha value is -2.02.